The number of nitrogens with zero attached hydrogens (tertiary/aromatic N) is 1. The normalized spacial score (nSPS) is 29.4. The molecule has 1 rings (SSSR count). The van der Waals surface area contributed by atoms with Gasteiger partial charge in [0.25, 0.3) is 0 Å². The number of likely N-dealkylation sites (tertiary alicyclic amines) is 1. The standard InChI is InChI=1S/C10H19NO2/c1-3-5-11-6-4-10(2,8-11)7-9(12)13/h3-8H2,1-2H3,(H,12,13). The average molecular weight is 185 g/mol. The van der Waals surface area contributed by atoms with Gasteiger partial charge in [0.15, 0.2) is 0 Å². The Bertz CT molecular complexity index is 193. The van der Waals surface area contributed by atoms with Crippen molar-refractivity contribution in [2.24, 2.45) is 5.41 Å². The number of rotatable bonds is 4. The minimum Gasteiger partial charge on any atom is -0.481 e. The Morgan fingerprint density at radius 3 is 2.85 bits per heavy atom. The van der Waals surface area contributed by atoms with E-state index >= 15 is 0 Å². The Morgan fingerprint density at radius 2 is 2.31 bits per heavy atom. The summed E-state index contributed by atoms with van der Waals surface area (Å²) in [6.07, 6.45) is 2.50. The molecular weight excluding hydrogens is 166 g/mol. The lowest BCUT2D eigenvalue weighted by Gasteiger charge is -2.22. The lowest BCUT2D eigenvalue weighted by atomic mass is 9.86. The van der Waals surface area contributed by atoms with Crippen LogP contribution in [0.4, 0.5) is 0 Å². The van der Waals surface area contributed by atoms with E-state index in [2.05, 4.69) is 18.7 Å². The van der Waals surface area contributed by atoms with E-state index in [1.807, 2.05) is 0 Å². The SMILES string of the molecule is CCCN1CCC(C)(CC(=O)O)C1. The van der Waals surface area contributed by atoms with Crippen molar-refractivity contribution in [1.29, 1.82) is 0 Å². The van der Waals surface area contributed by atoms with Crippen LogP contribution in [-0.2, 0) is 4.79 Å². The topological polar surface area (TPSA) is 40.5 Å². The Morgan fingerprint density at radius 1 is 1.62 bits per heavy atom. The molecule has 76 valence electrons. The van der Waals surface area contributed by atoms with Crippen molar-refractivity contribution >= 4 is 5.97 Å². The van der Waals surface area contributed by atoms with Crippen molar-refractivity contribution in [3.63, 3.8) is 0 Å². The Balaban J connectivity index is 2.41. The number of carboxylic acid groups (broad SMARTS) is 1. The van der Waals surface area contributed by atoms with E-state index in [1.54, 1.807) is 0 Å². The first-order chi connectivity index (χ1) is 6.06. The molecule has 0 spiro atoms. The molecule has 0 aromatic rings. The third kappa shape index (κ3) is 2.99. The zero-order valence-electron chi connectivity index (χ0n) is 8.55. The molecule has 1 aliphatic heterocycles. The maximum Gasteiger partial charge on any atom is 0.303 e. The fourth-order valence-electron chi connectivity index (χ4n) is 2.14. The van der Waals surface area contributed by atoms with Gasteiger partial charge in [-0.3, -0.25) is 4.79 Å². The predicted octanol–water partition coefficient (Wildman–Crippen LogP) is 1.58. The van der Waals surface area contributed by atoms with Gasteiger partial charge in [-0.05, 0) is 31.3 Å². The van der Waals surface area contributed by atoms with Gasteiger partial charge in [-0.2, -0.15) is 0 Å². The summed E-state index contributed by atoms with van der Waals surface area (Å²) >= 11 is 0. The van der Waals surface area contributed by atoms with E-state index in [4.69, 9.17) is 5.11 Å². The van der Waals surface area contributed by atoms with Crippen LogP contribution in [0.3, 0.4) is 0 Å². The molecule has 0 aromatic carbocycles. The van der Waals surface area contributed by atoms with Gasteiger partial charge in [-0.15, -0.1) is 0 Å². The summed E-state index contributed by atoms with van der Waals surface area (Å²) in [6, 6.07) is 0. The highest BCUT2D eigenvalue weighted by molar-refractivity contribution is 5.67. The molecule has 0 aromatic heterocycles. The molecule has 1 heterocycles. The first-order valence-corrected chi connectivity index (χ1v) is 5.00. The number of carbonyl (C=O) groups is 1. The van der Waals surface area contributed by atoms with Crippen LogP contribution in [0.15, 0.2) is 0 Å². The first-order valence-electron chi connectivity index (χ1n) is 5.00. The summed E-state index contributed by atoms with van der Waals surface area (Å²) in [5.74, 6) is -0.666. The lowest BCUT2D eigenvalue weighted by molar-refractivity contribution is -0.139. The minimum absolute atomic E-state index is 0.0149. The highest BCUT2D eigenvalue weighted by Gasteiger charge is 2.34. The van der Waals surface area contributed by atoms with Crippen molar-refractivity contribution in [2.75, 3.05) is 19.6 Å². The average Bonchev–Trinajstić information content (AvgIpc) is 2.31. The van der Waals surface area contributed by atoms with Crippen LogP contribution in [0, 0.1) is 5.41 Å². The molecule has 0 saturated carbocycles. The quantitative estimate of drug-likeness (QED) is 0.723. The van der Waals surface area contributed by atoms with Crippen LogP contribution >= 0.6 is 0 Å². The van der Waals surface area contributed by atoms with E-state index in [1.165, 1.54) is 0 Å². The molecule has 0 aliphatic carbocycles. The smallest absolute Gasteiger partial charge is 0.303 e. The van der Waals surface area contributed by atoms with Gasteiger partial charge < -0.3 is 10.0 Å². The molecule has 1 fully saturated rings. The van der Waals surface area contributed by atoms with Gasteiger partial charge in [-0.1, -0.05) is 13.8 Å². The molecule has 3 heteroatoms. The lowest BCUT2D eigenvalue weighted by Crippen LogP contribution is -2.27. The maximum absolute atomic E-state index is 10.6. The highest BCUT2D eigenvalue weighted by atomic mass is 16.4. The molecule has 1 N–H and O–H groups in total. The Labute approximate surface area is 79.7 Å². The fourth-order valence-corrected chi connectivity index (χ4v) is 2.14. The zero-order chi connectivity index (χ0) is 9.90. The summed E-state index contributed by atoms with van der Waals surface area (Å²) in [5, 5.41) is 8.74. The largest absolute Gasteiger partial charge is 0.481 e. The van der Waals surface area contributed by atoms with E-state index in [0.717, 1.165) is 32.5 Å². The summed E-state index contributed by atoms with van der Waals surface area (Å²) in [5.41, 5.74) is 0.0149. The van der Waals surface area contributed by atoms with Crippen LogP contribution in [0.5, 0.6) is 0 Å². The Hall–Kier alpha value is -0.570. The molecule has 0 amide bonds. The second-order valence-electron chi connectivity index (χ2n) is 4.41. The molecule has 1 atom stereocenters. The summed E-state index contributed by atoms with van der Waals surface area (Å²) in [7, 11) is 0. The van der Waals surface area contributed by atoms with E-state index in [9.17, 15) is 4.79 Å². The molecule has 1 unspecified atom stereocenters. The second-order valence-corrected chi connectivity index (χ2v) is 4.41. The minimum atomic E-state index is -0.666. The zero-order valence-corrected chi connectivity index (χ0v) is 8.55. The van der Waals surface area contributed by atoms with Crippen molar-refractivity contribution in [2.45, 2.75) is 33.1 Å². The molecule has 13 heavy (non-hydrogen) atoms. The first kappa shape index (κ1) is 10.5. The number of carboxylic acids is 1. The van der Waals surface area contributed by atoms with Crippen LogP contribution in [0.2, 0.25) is 0 Å². The molecule has 0 radical (unpaired) electrons. The van der Waals surface area contributed by atoms with E-state index in [0.29, 0.717) is 6.42 Å². The van der Waals surface area contributed by atoms with Gasteiger partial charge in [0, 0.05) is 6.54 Å². The van der Waals surface area contributed by atoms with Crippen molar-refractivity contribution in [3.8, 4) is 0 Å². The fraction of sp³-hybridized carbons (Fsp3) is 0.900. The van der Waals surface area contributed by atoms with Gasteiger partial charge in [0.05, 0.1) is 6.42 Å². The molecule has 0 bridgehead atoms. The highest BCUT2D eigenvalue weighted by Crippen LogP contribution is 2.33. The molecule has 3 nitrogen and oxygen atoms in total. The van der Waals surface area contributed by atoms with Gasteiger partial charge in [-0.25, -0.2) is 0 Å². The second kappa shape index (κ2) is 4.09. The summed E-state index contributed by atoms with van der Waals surface area (Å²) < 4.78 is 0. The van der Waals surface area contributed by atoms with Crippen LogP contribution in [0.1, 0.15) is 33.1 Å². The molecular formula is C10H19NO2. The monoisotopic (exact) mass is 185 g/mol. The maximum atomic E-state index is 10.6. The van der Waals surface area contributed by atoms with Crippen molar-refractivity contribution < 1.29 is 9.90 Å². The Kier molecular flexibility index (Phi) is 3.31. The van der Waals surface area contributed by atoms with Crippen LogP contribution < -0.4 is 0 Å². The van der Waals surface area contributed by atoms with Crippen LogP contribution in [0.25, 0.3) is 0 Å². The summed E-state index contributed by atoms with van der Waals surface area (Å²) in [4.78, 5) is 13.0. The number of aliphatic carboxylic acids is 1. The van der Waals surface area contributed by atoms with Crippen molar-refractivity contribution in [3.05, 3.63) is 0 Å². The molecule has 1 aliphatic rings. The summed E-state index contributed by atoms with van der Waals surface area (Å²) in [6.45, 7) is 7.36. The van der Waals surface area contributed by atoms with Gasteiger partial charge >= 0.3 is 5.97 Å². The number of hydrogen-bond donors (Lipinski definition) is 1. The van der Waals surface area contributed by atoms with Gasteiger partial charge in [0.1, 0.15) is 0 Å². The molecule has 1 saturated heterocycles. The van der Waals surface area contributed by atoms with Gasteiger partial charge in [0.2, 0.25) is 0 Å². The predicted molar refractivity (Wildman–Crippen MR) is 51.7 cm³/mol. The van der Waals surface area contributed by atoms with E-state index < -0.39 is 5.97 Å². The number of hydrogen-bond acceptors (Lipinski definition) is 2. The van der Waals surface area contributed by atoms with Crippen molar-refractivity contribution in [1.82, 2.24) is 4.90 Å². The van der Waals surface area contributed by atoms with Crippen LogP contribution in [-0.4, -0.2) is 35.6 Å². The third-order valence-electron chi connectivity index (χ3n) is 2.75. The van der Waals surface area contributed by atoms with E-state index in [-0.39, 0.29) is 5.41 Å². The third-order valence-corrected chi connectivity index (χ3v) is 2.75.